The Labute approximate surface area is 81.8 Å². The largest absolute Gasteiger partial charge is 0.391 e. The topological polar surface area (TPSA) is 34.5 Å². The van der Waals surface area contributed by atoms with Crippen LogP contribution >= 0.6 is 11.3 Å². The minimum atomic E-state index is 0.431. The first-order valence-electron chi connectivity index (χ1n) is 3.93. The summed E-state index contributed by atoms with van der Waals surface area (Å²) in [6, 6.07) is 0. The van der Waals surface area contributed by atoms with E-state index < -0.39 is 0 Å². The van der Waals surface area contributed by atoms with Gasteiger partial charge in [-0.25, -0.2) is 4.98 Å². The molecule has 0 saturated carbocycles. The molecule has 1 aromatic rings. The van der Waals surface area contributed by atoms with E-state index in [1.807, 2.05) is 13.8 Å². The van der Waals surface area contributed by atoms with Crippen LogP contribution in [0, 0.1) is 6.92 Å². The minimum Gasteiger partial charge on any atom is -0.391 e. The maximum Gasteiger partial charge on any atom is 0.135 e. The maximum absolute atomic E-state index is 4.96. The van der Waals surface area contributed by atoms with E-state index >= 15 is 0 Å². The van der Waals surface area contributed by atoms with Crippen LogP contribution < -0.4 is 0 Å². The summed E-state index contributed by atoms with van der Waals surface area (Å²) in [7, 11) is 0. The number of aromatic nitrogens is 1. The van der Waals surface area contributed by atoms with Crippen LogP contribution in [-0.4, -0.2) is 17.3 Å². The minimum absolute atomic E-state index is 0.431. The smallest absolute Gasteiger partial charge is 0.135 e. The molecular formula is C9H12N2OS. The van der Waals surface area contributed by atoms with Crippen molar-refractivity contribution in [3.8, 4) is 0 Å². The maximum atomic E-state index is 4.96. The molecule has 0 amide bonds. The Hall–Kier alpha value is -1.16. The molecule has 4 heteroatoms. The first-order chi connectivity index (χ1) is 6.25. The number of aryl methyl sites for hydroxylation is 1. The lowest BCUT2D eigenvalue weighted by Gasteiger charge is -1.97. The predicted molar refractivity (Wildman–Crippen MR) is 55.2 cm³/mol. The fourth-order valence-electron chi connectivity index (χ4n) is 0.883. The fraction of sp³-hybridized carbons (Fsp3) is 0.333. The van der Waals surface area contributed by atoms with E-state index in [1.165, 1.54) is 0 Å². The van der Waals surface area contributed by atoms with Gasteiger partial charge in [-0.1, -0.05) is 17.8 Å². The Kier molecular flexibility index (Phi) is 3.64. The molecule has 0 bridgehead atoms. The molecule has 1 heterocycles. The van der Waals surface area contributed by atoms with Crippen molar-refractivity contribution in [1.29, 1.82) is 0 Å². The van der Waals surface area contributed by atoms with E-state index in [0.717, 1.165) is 16.3 Å². The van der Waals surface area contributed by atoms with Crippen molar-refractivity contribution in [1.82, 2.24) is 4.98 Å². The van der Waals surface area contributed by atoms with E-state index in [-0.39, 0.29) is 0 Å². The molecular weight excluding hydrogens is 184 g/mol. The van der Waals surface area contributed by atoms with E-state index in [4.69, 9.17) is 4.84 Å². The fourth-order valence-corrected chi connectivity index (χ4v) is 1.51. The highest BCUT2D eigenvalue weighted by atomic mass is 32.1. The van der Waals surface area contributed by atoms with Crippen molar-refractivity contribution in [2.24, 2.45) is 5.16 Å². The molecule has 70 valence electrons. The van der Waals surface area contributed by atoms with Gasteiger partial charge in [0.1, 0.15) is 18.0 Å². The van der Waals surface area contributed by atoms with Crippen molar-refractivity contribution in [2.45, 2.75) is 13.8 Å². The van der Waals surface area contributed by atoms with Crippen LogP contribution in [0.3, 0.4) is 0 Å². The van der Waals surface area contributed by atoms with Crippen molar-refractivity contribution in [3.05, 3.63) is 28.7 Å². The highest BCUT2D eigenvalue weighted by Crippen LogP contribution is 2.12. The molecule has 3 nitrogen and oxygen atoms in total. The van der Waals surface area contributed by atoms with Gasteiger partial charge in [0.15, 0.2) is 0 Å². The average Bonchev–Trinajstić information content (AvgIpc) is 2.52. The van der Waals surface area contributed by atoms with Gasteiger partial charge in [0, 0.05) is 4.88 Å². The van der Waals surface area contributed by atoms with Gasteiger partial charge in [-0.3, -0.25) is 0 Å². The zero-order chi connectivity index (χ0) is 9.68. The predicted octanol–water partition coefficient (Wildman–Crippen LogP) is 2.38. The van der Waals surface area contributed by atoms with E-state index in [0.29, 0.717) is 6.61 Å². The van der Waals surface area contributed by atoms with Gasteiger partial charge in [-0.2, -0.15) is 0 Å². The molecule has 1 aromatic heterocycles. The van der Waals surface area contributed by atoms with Crippen LogP contribution in [0.5, 0.6) is 0 Å². The van der Waals surface area contributed by atoms with Gasteiger partial charge in [-0.05, 0) is 13.8 Å². The summed E-state index contributed by atoms with van der Waals surface area (Å²) in [5.41, 5.74) is 3.52. The third kappa shape index (κ3) is 2.66. The molecule has 0 saturated heterocycles. The van der Waals surface area contributed by atoms with Gasteiger partial charge >= 0.3 is 0 Å². The normalized spacial score (nSPS) is 11.4. The van der Waals surface area contributed by atoms with Crippen molar-refractivity contribution in [2.75, 3.05) is 6.61 Å². The lowest BCUT2D eigenvalue weighted by molar-refractivity contribution is 0.175. The molecule has 0 atom stereocenters. The average molecular weight is 196 g/mol. The summed E-state index contributed by atoms with van der Waals surface area (Å²) < 4.78 is 0. The summed E-state index contributed by atoms with van der Waals surface area (Å²) in [5, 5.41) is 3.91. The molecule has 0 unspecified atom stereocenters. The van der Waals surface area contributed by atoms with Crippen LogP contribution in [0.15, 0.2) is 23.3 Å². The van der Waals surface area contributed by atoms with Crippen LogP contribution in [0.25, 0.3) is 0 Å². The van der Waals surface area contributed by atoms with Gasteiger partial charge in [-0.15, -0.1) is 11.3 Å². The van der Waals surface area contributed by atoms with E-state index in [1.54, 1.807) is 22.9 Å². The first-order valence-corrected chi connectivity index (χ1v) is 4.81. The Balaban J connectivity index is 2.67. The summed E-state index contributed by atoms with van der Waals surface area (Å²) in [5.74, 6) is 0. The van der Waals surface area contributed by atoms with E-state index in [2.05, 4.69) is 16.7 Å². The lowest BCUT2D eigenvalue weighted by Crippen LogP contribution is -1.98. The third-order valence-corrected chi connectivity index (χ3v) is 2.24. The summed E-state index contributed by atoms with van der Waals surface area (Å²) in [6.07, 6.45) is 1.66. The standard InChI is InChI=1S/C9H12N2OS/c1-4-5-12-11-7(2)9-8(3)13-6-10-9/h4,6H,1,5H2,2-3H3. The second-order valence-electron chi connectivity index (χ2n) is 2.52. The van der Waals surface area contributed by atoms with Crippen molar-refractivity contribution < 1.29 is 4.84 Å². The van der Waals surface area contributed by atoms with Gasteiger partial charge < -0.3 is 4.84 Å². The van der Waals surface area contributed by atoms with Crippen LogP contribution in [0.1, 0.15) is 17.5 Å². The highest BCUT2D eigenvalue weighted by molar-refractivity contribution is 7.09. The molecule has 1 rings (SSSR count). The van der Waals surface area contributed by atoms with Gasteiger partial charge in [0.2, 0.25) is 0 Å². The highest BCUT2D eigenvalue weighted by Gasteiger charge is 2.04. The van der Waals surface area contributed by atoms with Crippen molar-refractivity contribution >= 4 is 17.0 Å². The van der Waals surface area contributed by atoms with Gasteiger partial charge in [0.25, 0.3) is 0 Å². The lowest BCUT2D eigenvalue weighted by atomic mass is 10.3. The van der Waals surface area contributed by atoms with Crippen LogP contribution in [-0.2, 0) is 4.84 Å². The van der Waals surface area contributed by atoms with E-state index in [9.17, 15) is 0 Å². The number of thiazole rings is 1. The number of hydrogen-bond acceptors (Lipinski definition) is 4. The van der Waals surface area contributed by atoms with Gasteiger partial charge in [0.05, 0.1) is 5.51 Å². The number of hydrogen-bond donors (Lipinski definition) is 0. The molecule has 0 aliphatic carbocycles. The Morgan fingerprint density at radius 1 is 1.85 bits per heavy atom. The van der Waals surface area contributed by atoms with Crippen LogP contribution in [0.4, 0.5) is 0 Å². The Morgan fingerprint density at radius 2 is 2.62 bits per heavy atom. The zero-order valence-corrected chi connectivity index (χ0v) is 8.60. The zero-order valence-electron chi connectivity index (χ0n) is 7.78. The quantitative estimate of drug-likeness (QED) is 0.321. The summed E-state index contributed by atoms with van der Waals surface area (Å²) in [6.45, 7) is 7.85. The molecule has 0 N–H and O–H groups in total. The Bertz CT molecular complexity index is 317. The number of oxime groups is 1. The second-order valence-corrected chi connectivity index (χ2v) is 3.58. The molecule has 0 aromatic carbocycles. The summed E-state index contributed by atoms with van der Waals surface area (Å²) >= 11 is 1.60. The molecule has 0 spiro atoms. The monoisotopic (exact) mass is 196 g/mol. The number of nitrogens with zero attached hydrogens (tertiary/aromatic N) is 2. The molecule has 0 radical (unpaired) electrons. The molecule has 0 fully saturated rings. The first kappa shape index (κ1) is 9.92. The SMILES string of the molecule is C=CCON=C(C)c1ncsc1C. The Morgan fingerprint density at radius 3 is 3.15 bits per heavy atom. The summed E-state index contributed by atoms with van der Waals surface area (Å²) in [4.78, 5) is 10.3. The third-order valence-electron chi connectivity index (χ3n) is 1.48. The number of rotatable bonds is 4. The van der Waals surface area contributed by atoms with Crippen LogP contribution in [0.2, 0.25) is 0 Å². The molecule has 13 heavy (non-hydrogen) atoms. The molecule has 0 aliphatic heterocycles. The molecule has 0 aliphatic rings. The van der Waals surface area contributed by atoms with Crippen molar-refractivity contribution in [3.63, 3.8) is 0 Å². The second kappa shape index (κ2) is 4.77.